The van der Waals surface area contributed by atoms with Gasteiger partial charge in [0.15, 0.2) is 0 Å². The number of aliphatic carboxylic acids is 2. The summed E-state index contributed by atoms with van der Waals surface area (Å²) >= 11 is 0. The molecule has 0 saturated carbocycles. The maximum absolute atomic E-state index is 10.6. The summed E-state index contributed by atoms with van der Waals surface area (Å²) in [6.07, 6.45) is 4.26. The van der Waals surface area contributed by atoms with E-state index in [0.717, 1.165) is 0 Å². The molecule has 0 spiro atoms. The van der Waals surface area contributed by atoms with Crippen molar-refractivity contribution >= 4 is 60.8 Å². The molecule has 2 N–H and O–H groups in total. The van der Waals surface area contributed by atoms with Gasteiger partial charge in [0.2, 0.25) is 0 Å². The van der Waals surface area contributed by atoms with Crippen molar-refractivity contribution in [3.8, 4) is 0 Å². The maximum atomic E-state index is 10.6. The molecule has 0 aromatic carbocycles. The van der Waals surface area contributed by atoms with Crippen LogP contribution in [0, 0.1) is 11.8 Å². The molecule has 1 aliphatic carbocycles. The number of rotatable bonds is 2. The van der Waals surface area contributed by atoms with Crippen molar-refractivity contribution in [2.45, 2.75) is 12.8 Å². The molecule has 0 bridgehead atoms. The third kappa shape index (κ3) is 3.47. The van der Waals surface area contributed by atoms with E-state index in [4.69, 9.17) is 10.2 Å². The number of hydrogen-bond acceptors (Lipinski definition) is 2. The molecule has 0 saturated heterocycles. The van der Waals surface area contributed by atoms with Crippen molar-refractivity contribution in [1.29, 1.82) is 0 Å². The van der Waals surface area contributed by atoms with Gasteiger partial charge in [0.1, 0.15) is 0 Å². The van der Waals surface area contributed by atoms with Crippen molar-refractivity contribution in [3.05, 3.63) is 12.2 Å². The van der Waals surface area contributed by atoms with Gasteiger partial charge in [-0.25, -0.2) is 0 Å². The number of carboxylic acids is 2. The van der Waals surface area contributed by atoms with Gasteiger partial charge in [0, 0.05) is 0 Å². The van der Waals surface area contributed by atoms with Crippen LogP contribution in [0.3, 0.4) is 0 Å². The SMILES string of the molecule is O=C(O)C1C=CCCC1C(=O)O.[Ba+2].[H-].[H-]. The molecule has 2 unspecified atom stereocenters. The van der Waals surface area contributed by atoms with Crippen molar-refractivity contribution in [2.24, 2.45) is 11.8 Å². The Bertz CT molecular complexity index is 245. The van der Waals surface area contributed by atoms with Crippen LogP contribution in [-0.2, 0) is 9.59 Å². The van der Waals surface area contributed by atoms with Crippen LogP contribution < -0.4 is 0 Å². The molecule has 0 radical (unpaired) electrons. The summed E-state index contributed by atoms with van der Waals surface area (Å²) in [5.74, 6) is -3.69. The average molecular weight is 310 g/mol. The molecule has 4 nitrogen and oxygen atoms in total. The molecule has 0 aliphatic heterocycles. The van der Waals surface area contributed by atoms with Crippen LogP contribution in [-0.4, -0.2) is 71.0 Å². The number of carbonyl (C=O) groups is 2. The quantitative estimate of drug-likeness (QED) is 0.578. The Morgan fingerprint density at radius 1 is 1.31 bits per heavy atom. The molecule has 0 amide bonds. The zero-order valence-electron chi connectivity index (χ0n) is 9.14. The Morgan fingerprint density at radius 3 is 2.31 bits per heavy atom. The second kappa shape index (κ2) is 5.87. The molecular weight excluding hydrogens is 297 g/mol. The van der Waals surface area contributed by atoms with Gasteiger partial charge in [-0.05, 0) is 12.8 Å². The van der Waals surface area contributed by atoms with E-state index in [1.807, 2.05) is 0 Å². The summed E-state index contributed by atoms with van der Waals surface area (Å²) in [7, 11) is 0. The van der Waals surface area contributed by atoms with Crippen LogP contribution >= 0.6 is 0 Å². The zero-order valence-corrected chi connectivity index (χ0v) is 11.6. The predicted molar refractivity (Wildman–Crippen MR) is 48.6 cm³/mol. The van der Waals surface area contributed by atoms with E-state index in [0.29, 0.717) is 12.8 Å². The van der Waals surface area contributed by atoms with E-state index in [1.165, 1.54) is 6.08 Å². The summed E-state index contributed by atoms with van der Waals surface area (Å²) in [4.78, 5) is 21.1. The molecule has 1 aliphatic rings. The van der Waals surface area contributed by atoms with Crippen molar-refractivity contribution < 1.29 is 22.7 Å². The molecule has 0 fully saturated rings. The summed E-state index contributed by atoms with van der Waals surface area (Å²) < 4.78 is 0. The second-order valence-electron chi connectivity index (χ2n) is 2.81. The average Bonchev–Trinajstić information content (AvgIpc) is 2.04. The molecule has 13 heavy (non-hydrogen) atoms. The normalized spacial score (nSPS) is 26.2. The second-order valence-corrected chi connectivity index (χ2v) is 2.81. The summed E-state index contributed by atoms with van der Waals surface area (Å²) in [5.41, 5.74) is 0. The van der Waals surface area contributed by atoms with Gasteiger partial charge < -0.3 is 13.1 Å². The molecule has 5 heteroatoms. The van der Waals surface area contributed by atoms with Gasteiger partial charge in [-0.15, -0.1) is 0 Å². The van der Waals surface area contributed by atoms with E-state index in [2.05, 4.69) is 0 Å². The van der Waals surface area contributed by atoms with E-state index in [-0.39, 0.29) is 51.7 Å². The number of allylic oxidation sites excluding steroid dienone is 1. The third-order valence-electron chi connectivity index (χ3n) is 2.02. The molecular formula is C8H12BaO4. The standard InChI is InChI=1S/C8H10O4.Ba.2H/c9-7(10)5-3-1-2-4-6(5)8(11)12;;;/h1,3,5-6H,2,4H2,(H,9,10)(H,11,12);;;/q;+2;2*-1. The first-order valence-electron chi connectivity index (χ1n) is 3.75. The molecule has 2 atom stereocenters. The van der Waals surface area contributed by atoms with Gasteiger partial charge in [-0.2, -0.15) is 0 Å². The van der Waals surface area contributed by atoms with E-state index < -0.39 is 23.8 Å². The summed E-state index contributed by atoms with van der Waals surface area (Å²) in [5, 5.41) is 17.3. The Morgan fingerprint density at radius 2 is 1.92 bits per heavy atom. The minimum absolute atomic E-state index is 0. The van der Waals surface area contributed by atoms with Crippen LogP contribution in [0.15, 0.2) is 12.2 Å². The Kier molecular flexibility index (Phi) is 5.99. The number of hydrogen-bond donors (Lipinski definition) is 2. The van der Waals surface area contributed by atoms with E-state index >= 15 is 0 Å². The van der Waals surface area contributed by atoms with Gasteiger partial charge in [0.05, 0.1) is 11.8 Å². The Balaban J connectivity index is -0.000000480. The molecule has 70 valence electrons. The van der Waals surface area contributed by atoms with Gasteiger partial charge in [-0.3, -0.25) is 9.59 Å². The smallest absolute Gasteiger partial charge is 1.00 e. The van der Waals surface area contributed by atoms with Crippen molar-refractivity contribution in [3.63, 3.8) is 0 Å². The van der Waals surface area contributed by atoms with Crippen LogP contribution in [0.2, 0.25) is 0 Å². The third-order valence-corrected chi connectivity index (χ3v) is 2.02. The van der Waals surface area contributed by atoms with Gasteiger partial charge in [-0.1, -0.05) is 12.2 Å². The molecule has 0 aromatic rings. The number of carboxylic acid groups (broad SMARTS) is 2. The molecule has 1 rings (SSSR count). The fourth-order valence-electron chi connectivity index (χ4n) is 1.36. The minimum atomic E-state index is -1.06. The first kappa shape index (κ1) is 13.3. The zero-order chi connectivity index (χ0) is 9.14. The van der Waals surface area contributed by atoms with Crippen molar-refractivity contribution in [1.82, 2.24) is 0 Å². The topological polar surface area (TPSA) is 74.6 Å². The van der Waals surface area contributed by atoms with Crippen LogP contribution in [0.5, 0.6) is 0 Å². The first-order valence-corrected chi connectivity index (χ1v) is 3.75. The van der Waals surface area contributed by atoms with Gasteiger partial charge in [0.25, 0.3) is 0 Å². The predicted octanol–water partition coefficient (Wildman–Crippen LogP) is 0.582. The van der Waals surface area contributed by atoms with Crippen LogP contribution in [0.25, 0.3) is 0 Å². The Labute approximate surface area is 119 Å². The van der Waals surface area contributed by atoms with E-state index in [1.54, 1.807) is 6.08 Å². The molecule has 0 heterocycles. The fraction of sp³-hybridized carbons (Fsp3) is 0.500. The maximum Gasteiger partial charge on any atom is 2.00 e. The molecule has 0 aromatic heterocycles. The van der Waals surface area contributed by atoms with Crippen LogP contribution in [0.4, 0.5) is 0 Å². The summed E-state index contributed by atoms with van der Waals surface area (Å²) in [6.45, 7) is 0. The fourth-order valence-corrected chi connectivity index (χ4v) is 1.36. The van der Waals surface area contributed by atoms with Crippen molar-refractivity contribution in [2.75, 3.05) is 0 Å². The first-order chi connectivity index (χ1) is 5.63. The largest absolute Gasteiger partial charge is 2.00 e. The monoisotopic (exact) mass is 310 g/mol. The summed E-state index contributed by atoms with van der Waals surface area (Å²) in [6, 6.07) is 0. The van der Waals surface area contributed by atoms with E-state index in [9.17, 15) is 9.59 Å². The Hall–Kier alpha value is 0.251. The van der Waals surface area contributed by atoms with Gasteiger partial charge >= 0.3 is 60.8 Å². The van der Waals surface area contributed by atoms with Crippen LogP contribution in [0.1, 0.15) is 15.7 Å². The minimum Gasteiger partial charge on any atom is -1.00 e.